The molecule has 1 N–H and O–H groups in total. The molecular formula is C8H19O3P. The number of hydrogen-bond acceptors (Lipinski definition) is 3. The highest BCUT2D eigenvalue weighted by Gasteiger charge is 2.18. The van der Waals surface area contributed by atoms with Crippen LogP contribution in [0.3, 0.4) is 0 Å². The van der Waals surface area contributed by atoms with Gasteiger partial charge in [0.15, 0.2) is 0 Å². The molecule has 1 atom stereocenters. The van der Waals surface area contributed by atoms with Crippen molar-refractivity contribution in [2.75, 3.05) is 25.5 Å². The molecule has 74 valence electrons. The summed E-state index contributed by atoms with van der Waals surface area (Å²) in [5.74, 6) is 0. The Morgan fingerprint density at radius 3 is 2.50 bits per heavy atom. The normalized spacial score (nSPS) is 15.9. The Labute approximate surface area is 74.6 Å². The monoisotopic (exact) mass is 194 g/mol. The summed E-state index contributed by atoms with van der Waals surface area (Å²) in [4.78, 5) is 0. The number of rotatable bonds is 7. The summed E-state index contributed by atoms with van der Waals surface area (Å²) in [6.07, 6.45) is 3.20. The van der Waals surface area contributed by atoms with Gasteiger partial charge in [-0.1, -0.05) is 20.3 Å². The van der Waals surface area contributed by atoms with Gasteiger partial charge in [-0.05, 0) is 6.42 Å². The van der Waals surface area contributed by atoms with E-state index in [1.165, 1.54) is 0 Å². The van der Waals surface area contributed by atoms with Gasteiger partial charge in [-0.3, -0.25) is 4.57 Å². The third-order valence-electron chi connectivity index (χ3n) is 1.75. The Balaban J connectivity index is 3.79. The second-order valence-corrected chi connectivity index (χ2v) is 5.73. The van der Waals surface area contributed by atoms with E-state index >= 15 is 0 Å². The number of aliphatic hydroxyl groups excluding tert-OH is 1. The van der Waals surface area contributed by atoms with Gasteiger partial charge in [-0.25, -0.2) is 0 Å². The molecule has 0 aromatic carbocycles. The highest BCUT2D eigenvalue weighted by Crippen LogP contribution is 2.46. The van der Waals surface area contributed by atoms with Crippen LogP contribution in [0.15, 0.2) is 0 Å². The SMILES string of the molecule is CCCCP(=O)(CC)OCCO. The molecule has 0 spiro atoms. The van der Waals surface area contributed by atoms with E-state index in [2.05, 4.69) is 6.92 Å². The van der Waals surface area contributed by atoms with Crippen LogP contribution >= 0.6 is 7.37 Å². The van der Waals surface area contributed by atoms with Crippen molar-refractivity contribution in [3.8, 4) is 0 Å². The number of hydrogen-bond donors (Lipinski definition) is 1. The van der Waals surface area contributed by atoms with Gasteiger partial charge in [0.2, 0.25) is 7.37 Å². The predicted molar refractivity (Wildman–Crippen MR) is 51.0 cm³/mol. The second kappa shape index (κ2) is 6.64. The molecule has 0 saturated carbocycles. The Kier molecular flexibility index (Phi) is 6.73. The molecular weight excluding hydrogens is 175 g/mol. The van der Waals surface area contributed by atoms with Crippen molar-refractivity contribution in [2.24, 2.45) is 0 Å². The lowest BCUT2D eigenvalue weighted by molar-refractivity contribution is 0.202. The smallest absolute Gasteiger partial charge is 0.202 e. The Morgan fingerprint density at radius 1 is 1.42 bits per heavy atom. The molecule has 4 heteroatoms. The van der Waals surface area contributed by atoms with Gasteiger partial charge in [0, 0.05) is 12.3 Å². The van der Waals surface area contributed by atoms with Crippen molar-refractivity contribution in [1.82, 2.24) is 0 Å². The van der Waals surface area contributed by atoms with Gasteiger partial charge in [0.25, 0.3) is 0 Å². The number of unbranched alkanes of at least 4 members (excludes halogenated alkanes) is 1. The molecule has 0 aromatic rings. The van der Waals surface area contributed by atoms with Crippen LogP contribution in [0.5, 0.6) is 0 Å². The molecule has 0 saturated heterocycles. The maximum atomic E-state index is 11.8. The predicted octanol–water partition coefficient (Wildman–Crippen LogP) is 2.09. The topological polar surface area (TPSA) is 46.5 Å². The molecule has 0 fully saturated rings. The molecule has 12 heavy (non-hydrogen) atoms. The highest BCUT2D eigenvalue weighted by molar-refractivity contribution is 7.58. The van der Waals surface area contributed by atoms with Crippen molar-refractivity contribution >= 4 is 7.37 Å². The summed E-state index contributed by atoms with van der Waals surface area (Å²) in [6.45, 7) is 4.09. The average Bonchev–Trinajstić information content (AvgIpc) is 2.11. The zero-order chi connectivity index (χ0) is 9.45. The van der Waals surface area contributed by atoms with Crippen molar-refractivity contribution in [1.29, 1.82) is 0 Å². The number of aliphatic hydroxyl groups is 1. The first-order valence-electron chi connectivity index (χ1n) is 4.52. The standard InChI is InChI=1S/C8H19O3P/c1-3-5-8-12(10,4-2)11-7-6-9/h9H,3-8H2,1-2H3. The summed E-state index contributed by atoms with van der Waals surface area (Å²) in [5, 5.41) is 8.50. The van der Waals surface area contributed by atoms with Crippen LogP contribution in [0.25, 0.3) is 0 Å². The first-order valence-corrected chi connectivity index (χ1v) is 6.51. The molecule has 0 aliphatic rings. The Bertz CT molecular complexity index is 135. The van der Waals surface area contributed by atoms with Crippen molar-refractivity contribution in [3.05, 3.63) is 0 Å². The molecule has 0 aromatic heterocycles. The van der Waals surface area contributed by atoms with Gasteiger partial charge in [0.1, 0.15) is 0 Å². The lowest BCUT2D eigenvalue weighted by atomic mass is 10.4. The third-order valence-corrected chi connectivity index (χ3v) is 4.37. The van der Waals surface area contributed by atoms with Crippen LogP contribution in [0.4, 0.5) is 0 Å². The molecule has 3 nitrogen and oxygen atoms in total. The molecule has 0 aliphatic carbocycles. The molecule has 0 heterocycles. The largest absolute Gasteiger partial charge is 0.394 e. The average molecular weight is 194 g/mol. The van der Waals surface area contributed by atoms with E-state index in [0.717, 1.165) is 12.8 Å². The quantitative estimate of drug-likeness (QED) is 0.631. The minimum absolute atomic E-state index is 0.0455. The van der Waals surface area contributed by atoms with Gasteiger partial charge >= 0.3 is 0 Å². The van der Waals surface area contributed by atoms with Gasteiger partial charge < -0.3 is 9.63 Å². The van der Waals surface area contributed by atoms with E-state index < -0.39 is 7.37 Å². The van der Waals surface area contributed by atoms with E-state index in [1.54, 1.807) is 0 Å². The third kappa shape index (κ3) is 4.91. The fraction of sp³-hybridized carbons (Fsp3) is 1.00. The van der Waals surface area contributed by atoms with Crippen molar-refractivity contribution in [3.63, 3.8) is 0 Å². The highest BCUT2D eigenvalue weighted by atomic mass is 31.2. The fourth-order valence-corrected chi connectivity index (χ4v) is 2.76. The molecule has 0 aliphatic heterocycles. The fourth-order valence-electron chi connectivity index (χ4n) is 0.920. The van der Waals surface area contributed by atoms with E-state index in [9.17, 15) is 4.57 Å². The van der Waals surface area contributed by atoms with Crippen LogP contribution in [0.2, 0.25) is 0 Å². The first kappa shape index (κ1) is 12.2. The lowest BCUT2D eigenvalue weighted by Gasteiger charge is -2.15. The summed E-state index contributed by atoms with van der Waals surface area (Å²) in [5.41, 5.74) is 0. The van der Waals surface area contributed by atoms with E-state index in [-0.39, 0.29) is 13.2 Å². The van der Waals surface area contributed by atoms with Crippen LogP contribution < -0.4 is 0 Å². The molecule has 0 bridgehead atoms. The maximum absolute atomic E-state index is 11.8. The molecule has 1 unspecified atom stereocenters. The van der Waals surface area contributed by atoms with Crippen LogP contribution in [-0.4, -0.2) is 30.6 Å². The van der Waals surface area contributed by atoms with Gasteiger partial charge in [0.05, 0.1) is 13.2 Å². The second-order valence-electron chi connectivity index (χ2n) is 2.76. The van der Waals surface area contributed by atoms with E-state index in [4.69, 9.17) is 9.63 Å². The summed E-state index contributed by atoms with van der Waals surface area (Å²) in [7, 11) is -2.39. The maximum Gasteiger partial charge on any atom is 0.202 e. The molecule has 0 rings (SSSR count). The minimum Gasteiger partial charge on any atom is -0.394 e. The van der Waals surface area contributed by atoms with Crippen LogP contribution in [-0.2, 0) is 9.09 Å². The molecule has 0 radical (unpaired) electrons. The van der Waals surface area contributed by atoms with Crippen LogP contribution in [0, 0.1) is 0 Å². The van der Waals surface area contributed by atoms with E-state index in [0.29, 0.717) is 12.3 Å². The summed E-state index contributed by atoms with van der Waals surface area (Å²) in [6, 6.07) is 0. The first-order chi connectivity index (χ1) is 5.68. The van der Waals surface area contributed by atoms with Gasteiger partial charge in [-0.2, -0.15) is 0 Å². The van der Waals surface area contributed by atoms with Crippen molar-refractivity contribution < 1.29 is 14.2 Å². The zero-order valence-corrected chi connectivity index (χ0v) is 8.85. The van der Waals surface area contributed by atoms with Crippen LogP contribution in [0.1, 0.15) is 26.7 Å². The Hall–Kier alpha value is 0.150. The molecule has 0 amide bonds. The summed E-state index contributed by atoms with van der Waals surface area (Å²) < 4.78 is 16.9. The Morgan fingerprint density at radius 2 is 2.08 bits per heavy atom. The van der Waals surface area contributed by atoms with E-state index in [1.807, 2.05) is 6.92 Å². The van der Waals surface area contributed by atoms with Crippen molar-refractivity contribution in [2.45, 2.75) is 26.7 Å². The summed E-state index contributed by atoms with van der Waals surface area (Å²) >= 11 is 0. The zero-order valence-electron chi connectivity index (χ0n) is 7.95. The van der Waals surface area contributed by atoms with Gasteiger partial charge in [-0.15, -0.1) is 0 Å². The lowest BCUT2D eigenvalue weighted by Crippen LogP contribution is -2.02. The minimum atomic E-state index is -2.39.